The van der Waals surface area contributed by atoms with Crippen LogP contribution in [0, 0.1) is 5.92 Å². The van der Waals surface area contributed by atoms with E-state index in [2.05, 4.69) is 45.0 Å². The van der Waals surface area contributed by atoms with Crippen molar-refractivity contribution in [3.63, 3.8) is 0 Å². The number of rotatable bonds is 2. The largest absolute Gasteiger partial charge is 0.299 e. The minimum atomic E-state index is 0.208. The second-order valence-electron chi connectivity index (χ2n) is 6.56. The van der Waals surface area contributed by atoms with Crippen LogP contribution in [0.3, 0.4) is 0 Å². The number of benzene rings is 1. The van der Waals surface area contributed by atoms with Crippen molar-refractivity contribution in [2.45, 2.75) is 58.3 Å². The molecule has 0 N–H and O–H groups in total. The summed E-state index contributed by atoms with van der Waals surface area (Å²) < 4.78 is 0. The van der Waals surface area contributed by atoms with E-state index < -0.39 is 0 Å². The van der Waals surface area contributed by atoms with Crippen LogP contribution in [0.15, 0.2) is 24.3 Å². The minimum absolute atomic E-state index is 0.208. The number of carbonyl (C=O) groups is 1. The number of carbonyl (C=O) groups excluding carboxylic acids is 1. The van der Waals surface area contributed by atoms with Crippen LogP contribution in [0.1, 0.15) is 57.6 Å². The number of hydrogen-bond acceptors (Lipinski definition) is 1. The van der Waals surface area contributed by atoms with Gasteiger partial charge in [0.25, 0.3) is 0 Å². The van der Waals surface area contributed by atoms with Gasteiger partial charge in [0.05, 0.1) is 0 Å². The summed E-state index contributed by atoms with van der Waals surface area (Å²) in [5, 5.41) is 0. The van der Waals surface area contributed by atoms with Gasteiger partial charge in [0, 0.05) is 12.3 Å². The maximum atomic E-state index is 11.8. The van der Waals surface area contributed by atoms with Gasteiger partial charge in [-0.25, -0.2) is 0 Å². The minimum Gasteiger partial charge on any atom is -0.299 e. The summed E-state index contributed by atoms with van der Waals surface area (Å²) in [7, 11) is 0. The fraction of sp³-hybridized carbons (Fsp3) is 0.588. The SMILES string of the molecule is CC(C)(C)c1ccc(C[C@H]2CCCCC2=O)cc1. The molecule has 0 amide bonds. The van der Waals surface area contributed by atoms with E-state index in [1.165, 1.54) is 17.5 Å². The molecule has 1 nitrogen and oxygen atoms in total. The fourth-order valence-corrected chi connectivity index (χ4v) is 2.70. The van der Waals surface area contributed by atoms with Crippen molar-refractivity contribution in [2.75, 3.05) is 0 Å². The van der Waals surface area contributed by atoms with Crippen molar-refractivity contribution in [1.29, 1.82) is 0 Å². The van der Waals surface area contributed by atoms with Gasteiger partial charge in [0.1, 0.15) is 5.78 Å². The third-order valence-corrected chi connectivity index (χ3v) is 3.98. The quantitative estimate of drug-likeness (QED) is 0.758. The molecule has 0 radical (unpaired) electrons. The highest BCUT2D eigenvalue weighted by atomic mass is 16.1. The molecule has 1 aromatic rings. The van der Waals surface area contributed by atoms with Crippen LogP contribution in [0.5, 0.6) is 0 Å². The van der Waals surface area contributed by atoms with Crippen molar-refractivity contribution in [3.8, 4) is 0 Å². The molecule has 98 valence electrons. The van der Waals surface area contributed by atoms with E-state index in [0.29, 0.717) is 5.78 Å². The van der Waals surface area contributed by atoms with Crippen molar-refractivity contribution >= 4 is 5.78 Å². The van der Waals surface area contributed by atoms with Gasteiger partial charge >= 0.3 is 0 Å². The molecular formula is C17H24O. The lowest BCUT2D eigenvalue weighted by Crippen LogP contribution is -2.21. The molecule has 1 aliphatic rings. The Morgan fingerprint density at radius 1 is 1.11 bits per heavy atom. The van der Waals surface area contributed by atoms with Crippen LogP contribution in [0.4, 0.5) is 0 Å². The van der Waals surface area contributed by atoms with Crippen molar-refractivity contribution in [3.05, 3.63) is 35.4 Å². The average Bonchev–Trinajstić information content (AvgIpc) is 2.32. The van der Waals surface area contributed by atoms with Gasteiger partial charge in [-0.15, -0.1) is 0 Å². The number of ketones is 1. The topological polar surface area (TPSA) is 17.1 Å². The molecule has 0 spiro atoms. The Balaban J connectivity index is 2.04. The zero-order chi connectivity index (χ0) is 13.2. The summed E-state index contributed by atoms with van der Waals surface area (Å²) >= 11 is 0. The maximum absolute atomic E-state index is 11.8. The van der Waals surface area contributed by atoms with E-state index in [1.807, 2.05) is 0 Å². The highest BCUT2D eigenvalue weighted by Gasteiger charge is 2.22. The summed E-state index contributed by atoms with van der Waals surface area (Å²) in [5.74, 6) is 0.750. The van der Waals surface area contributed by atoms with Crippen LogP contribution in [0.25, 0.3) is 0 Å². The van der Waals surface area contributed by atoms with Crippen LogP contribution in [-0.4, -0.2) is 5.78 Å². The summed E-state index contributed by atoms with van der Waals surface area (Å²) in [6.45, 7) is 6.69. The molecule has 0 aliphatic heterocycles. The molecule has 0 saturated heterocycles. The predicted octanol–water partition coefficient (Wildman–Crippen LogP) is 4.29. The maximum Gasteiger partial charge on any atom is 0.136 e. The number of Topliss-reactive ketones (excluding diaryl/α,β-unsaturated/α-hetero) is 1. The predicted molar refractivity (Wildman–Crippen MR) is 75.8 cm³/mol. The van der Waals surface area contributed by atoms with Crippen LogP contribution >= 0.6 is 0 Å². The summed E-state index contributed by atoms with van der Waals surface area (Å²) in [4.78, 5) is 11.8. The van der Waals surface area contributed by atoms with Gasteiger partial charge in [-0.2, -0.15) is 0 Å². The molecule has 0 bridgehead atoms. The molecule has 1 saturated carbocycles. The van der Waals surface area contributed by atoms with E-state index in [4.69, 9.17) is 0 Å². The van der Waals surface area contributed by atoms with Gasteiger partial charge in [-0.1, -0.05) is 51.5 Å². The zero-order valence-electron chi connectivity index (χ0n) is 11.8. The monoisotopic (exact) mass is 244 g/mol. The van der Waals surface area contributed by atoms with Gasteiger partial charge in [0.2, 0.25) is 0 Å². The molecule has 0 aromatic heterocycles. The molecule has 2 rings (SSSR count). The van der Waals surface area contributed by atoms with E-state index in [-0.39, 0.29) is 11.3 Å². The first kappa shape index (κ1) is 13.3. The van der Waals surface area contributed by atoms with E-state index in [0.717, 1.165) is 25.7 Å². The lowest BCUT2D eigenvalue weighted by Gasteiger charge is -2.22. The lowest BCUT2D eigenvalue weighted by molar-refractivity contribution is -0.124. The highest BCUT2D eigenvalue weighted by molar-refractivity contribution is 5.81. The van der Waals surface area contributed by atoms with Gasteiger partial charge in [0.15, 0.2) is 0 Å². The van der Waals surface area contributed by atoms with Gasteiger partial charge in [-0.05, 0) is 35.8 Å². The third-order valence-electron chi connectivity index (χ3n) is 3.98. The molecule has 1 atom stereocenters. The van der Waals surface area contributed by atoms with Gasteiger partial charge < -0.3 is 0 Å². The second-order valence-corrected chi connectivity index (χ2v) is 6.56. The van der Waals surface area contributed by atoms with Crippen LogP contribution < -0.4 is 0 Å². The normalized spacial score (nSPS) is 21.1. The summed E-state index contributed by atoms with van der Waals surface area (Å²) in [6.07, 6.45) is 5.13. The molecule has 0 heterocycles. The molecule has 1 aromatic carbocycles. The molecular weight excluding hydrogens is 220 g/mol. The fourth-order valence-electron chi connectivity index (χ4n) is 2.70. The highest BCUT2D eigenvalue weighted by Crippen LogP contribution is 2.26. The molecule has 1 aliphatic carbocycles. The molecule has 1 heteroatoms. The van der Waals surface area contributed by atoms with Crippen LogP contribution in [0.2, 0.25) is 0 Å². The van der Waals surface area contributed by atoms with Crippen molar-refractivity contribution in [1.82, 2.24) is 0 Å². The van der Waals surface area contributed by atoms with E-state index >= 15 is 0 Å². The van der Waals surface area contributed by atoms with Crippen molar-refractivity contribution in [2.24, 2.45) is 5.92 Å². The Labute approximate surface area is 111 Å². The smallest absolute Gasteiger partial charge is 0.136 e. The first-order chi connectivity index (χ1) is 8.47. The Hall–Kier alpha value is -1.11. The second kappa shape index (κ2) is 5.26. The zero-order valence-corrected chi connectivity index (χ0v) is 11.8. The first-order valence-electron chi connectivity index (χ1n) is 7.09. The first-order valence-corrected chi connectivity index (χ1v) is 7.09. The van der Waals surface area contributed by atoms with Crippen LogP contribution in [-0.2, 0) is 16.6 Å². The molecule has 18 heavy (non-hydrogen) atoms. The molecule has 1 fully saturated rings. The van der Waals surface area contributed by atoms with E-state index in [1.54, 1.807) is 0 Å². The van der Waals surface area contributed by atoms with E-state index in [9.17, 15) is 4.79 Å². The Bertz CT molecular complexity index is 408. The van der Waals surface area contributed by atoms with Gasteiger partial charge in [-0.3, -0.25) is 4.79 Å². The number of hydrogen-bond donors (Lipinski definition) is 0. The van der Waals surface area contributed by atoms with Crippen molar-refractivity contribution < 1.29 is 4.79 Å². The standard InChI is InChI=1S/C17H24O/c1-17(2,3)15-10-8-13(9-11-15)12-14-6-4-5-7-16(14)18/h8-11,14H,4-7,12H2,1-3H3/t14-/m1/s1. The summed E-state index contributed by atoms with van der Waals surface area (Å²) in [5.41, 5.74) is 2.88. The average molecular weight is 244 g/mol. The Morgan fingerprint density at radius 3 is 2.33 bits per heavy atom. The lowest BCUT2D eigenvalue weighted by atomic mass is 9.82. The molecule has 0 unspecified atom stereocenters. The summed E-state index contributed by atoms with van der Waals surface area (Å²) in [6, 6.07) is 8.82. The Kier molecular flexibility index (Phi) is 3.89. The Morgan fingerprint density at radius 2 is 1.78 bits per heavy atom. The third kappa shape index (κ3) is 3.22.